The predicted molar refractivity (Wildman–Crippen MR) is 85.7 cm³/mol. The van der Waals surface area contributed by atoms with Gasteiger partial charge in [0.1, 0.15) is 16.9 Å². The lowest BCUT2D eigenvalue weighted by Crippen LogP contribution is -2.32. The number of hydrogen-bond donors (Lipinski definition) is 2. The van der Waals surface area contributed by atoms with Crippen molar-refractivity contribution in [3.63, 3.8) is 0 Å². The van der Waals surface area contributed by atoms with E-state index < -0.39 is 17.7 Å². The quantitative estimate of drug-likeness (QED) is 0.658. The number of carbonyl (C=O) groups excluding carboxylic acids is 1. The van der Waals surface area contributed by atoms with Gasteiger partial charge in [0, 0.05) is 18.5 Å². The van der Waals surface area contributed by atoms with E-state index in [0.717, 1.165) is 0 Å². The molecule has 0 aliphatic carbocycles. The minimum Gasteiger partial charge on any atom is -0.496 e. The summed E-state index contributed by atoms with van der Waals surface area (Å²) in [5, 5.41) is 11.8. The summed E-state index contributed by atoms with van der Waals surface area (Å²) >= 11 is 0. The van der Waals surface area contributed by atoms with E-state index >= 15 is 0 Å². The number of benzene rings is 1. The Morgan fingerprint density at radius 2 is 2.00 bits per heavy atom. The average Bonchev–Trinajstić information content (AvgIpc) is 2.44. The summed E-state index contributed by atoms with van der Waals surface area (Å²) in [5.74, 6) is 4.78. The summed E-state index contributed by atoms with van der Waals surface area (Å²) in [5.41, 5.74) is -0.149. The highest BCUT2D eigenvalue weighted by Gasteiger charge is 2.16. The third-order valence-corrected chi connectivity index (χ3v) is 2.60. The van der Waals surface area contributed by atoms with Crippen LogP contribution in [0.25, 0.3) is 0 Å². The Labute approximate surface area is 135 Å². The van der Waals surface area contributed by atoms with Crippen LogP contribution in [0.4, 0.5) is 4.79 Å². The summed E-state index contributed by atoms with van der Waals surface area (Å²) in [7, 11) is 1.41. The van der Waals surface area contributed by atoms with Crippen molar-refractivity contribution in [3.8, 4) is 17.6 Å². The number of ether oxygens (including phenoxy) is 2. The van der Waals surface area contributed by atoms with Crippen molar-refractivity contribution in [3.05, 3.63) is 29.3 Å². The fourth-order valence-corrected chi connectivity index (χ4v) is 1.72. The Bertz CT molecular complexity index is 635. The van der Waals surface area contributed by atoms with Crippen LogP contribution in [-0.4, -0.2) is 36.4 Å². The van der Waals surface area contributed by atoms with E-state index in [1.807, 2.05) is 0 Å². The Balaban J connectivity index is 2.64. The van der Waals surface area contributed by atoms with E-state index in [0.29, 0.717) is 18.5 Å². The molecule has 1 rings (SSSR count). The number of rotatable bonds is 4. The number of amides is 1. The van der Waals surface area contributed by atoms with Gasteiger partial charge in [0.2, 0.25) is 0 Å². The second-order valence-electron chi connectivity index (χ2n) is 5.67. The summed E-state index contributed by atoms with van der Waals surface area (Å²) in [6, 6.07) is 4.85. The van der Waals surface area contributed by atoms with Crippen LogP contribution in [0.15, 0.2) is 18.2 Å². The van der Waals surface area contributed by atoms with Crippen molar-refractivity contribution in [1.29, 1.82) is 0 Å². The molecule has 6 nitrogen and oxygen atoms in total. The molecular formula is C17H21NO5. The van der Waals surface area contributed by atoms with Crippen LogP contribution in [0.5, 0.6) is 5.75 Å². The minimum atomic E-state index is -1.10. The fraction of sp³-hybridized carbons (Fsp3) is 0.412. The number of carboxylic acids is 1. The molecule has 0 unspecified atom stereocenters. The Morgan fingerprint density at radius 1 is 1.30 bits per heavy atom. The first-order valence-electron chi connectivity index (χ1n) is 7.10. The molecule has 0 fully saturated rings. The molecule has 0 heterocycles. The molecule has 1 amide bonds. The lowest BCUT2D eigenvalue weighted by molar-refractivity contribution is 0.0528. The molecule has 0 aliphatic heterocycles. The largest absolute Gasteiger partial charge is 0.496 e. The normalized spacial score (nSPS) is 10.3. The van der Waals surface area contributed by atoms with Gasteiger partial charge >= 0.3 is 12.1 Å². The number of carboxylic acid groups (broad SMARTS) is 1. The first kappa shape index (κ1) is 18.4. The fourth-order valence-electron chi connectivity index (χ4n) is 1.72. The van der Waals surface area contributed by atoms with Gasteiger partial charge in [-0.15, -0.1) is 0 Å². The molecule has 0 bridgehead atoms. The van der Waals surface area contributed by atoms with Crippen LogP contribution in [0.2, 0.25) is 0 Å². The highest BCUT2D eigenvalue weighted by Crippen LogP contribution is 2.21. The van der Waals surface area contributed by atoms with Gasteiger partial charge in [0.05, 0.1) is 7.11 Å². The van der Waals surface area contributed by atoms with Gasteiger partial charge in [0.25, 0.3) is 0 Å². The van der Waals surface area contributed by atoms with Crippen molar-refractivity contribution in [2.75, 3.05) is 13.7 Å². The topological polar surface area (TPSA) is 84.9 Å². The summed E-state index contributed by atoms with van der Waals surface area (Å²) in [6.45, 7) is 5.65. The van der Waals surface area contributed by atoms with E-state index in [-0.39, 0.29) is 11.3 Å². The van der Waals surface area contributed by atoms with E-state index in [2.05, 4.69) is 17.2 Å². The first-order valence-corrected chi connectivity index (χ1v) is 7.10. The van der Waals surface area contributed by atoms with Crippen molar-refractivity contribution >= 4 is 12.1 Å². The lowest BCUT2D eigenvalue weighted by atomic mass is 10.1. The number of methoxy groups -OCH3 is 1. The number of carbonyl (C=O) groups is 2. The van der Waals surface area contributed by atoms with E-state index in [1.54, 1.807) is 39.0 Å². The van der Waals surface area contributed by atoms with Crippen LogP contribution in [-0.2, 0) is 4.74 Å². The third kappa shape index (κ3) is 6.30. The van der Waals surface area contributed by atoms with Crippen molar-refractivity contribution in [1.82, 2.24) is 5.32 Å². The van der Waals surface area contributed by atoms with Gasteiger partial charge in [-0.2, -0.15) is 0 Å². The van der Waals surface area contributed by atoms with E-state index in [9.17, 15) is 14.7 Å². The van der Waals surface area contributed by atoms with Crippen molar-refractivity contribution in [2.24, 2.45) is 0 Å². The number of aromatic carboxylic acids is 1. The molecule has 1 aromatic carbocycles. The number of nitrogens with one attached hydrogen (secondary N) is 1. The second kappa shape index (κ2) is 8.08. The molecule has 0 aromatic heterocycles. The molecule has 0 radical (unpaired) electrons. The molecule has 0 aliphatic rings. The minimum absolute atomic E-state index is 0.0302. The van der Waals surface area contributed by atoms with Crippen LogP contribution in [0.3, 0.4) is 0 Å². The lowest BCUT2D eigenvalue weighted by Gasteiger charge is -2.19. The Hall–Kier alpha value is -2.68. The van der Waals surface area contributed by atoms with Gasteiger partial charge < -0.3 is 19.9 Å². The zero-order valence-corrected chi connectivity index (χ0v) is 13.7. The van der Waals surface area contributed by atoms with E-state index in [1.165, 1.54) is 7.11 Å². The zero-order chi connectivity index (χ0) is 17.5. The summed E-state index contributed by atoms with van der Waals surface area (Å²) in [4.78, 5) is 22.7. The first-order chi connectivity index (χ1) is 10.7. The summed E-state index contributed by atoms with van der Waals surface area (Å²) < 4.78 is 10.1. The second-order valence-corrected chi connectivity index (χ2v) is 5.67. The molecule has 124 valence electrons. The van der Waals surface area contributed by atoms with Crippen LogP contribution in [0.1, 0.15) is 43.1 Å². The molecule has 0 saturated heterocycles. The predicted octanol–water partition coefficient (Wildman–Crippen LogP) is 2.66. The maximum Gasteiger partial charge on any atom is 0.407 e. The molecule has 23 heavy (non-hydrogen) atoms. The summed E-state index contributed by atoms with van der Waals surface area (Å²) in [6.07, 6.45) is -0.137. The maximum absolute atomic E-state index is 11.4. The number of hydrogen-bond acceptors (Lipinski definition) is 4. The van der Waals surface area contributed by atoms with Crippen molar-refractivity contribution < 1.29 is 24.2 Å². The van der Waals surface area contributed by atoms with Gasteiger partial charge in [-0.25, -0.2) is 9.59 Å². The van der Waals surface area contributed by atoms with Crippen LogP contribution in [0, 0.1) is 11.8 Å². The van der Waals surface area contributed by atoms with E-state index in [4.69, 9.17) is 9.47 Å². The highest BCUT2D eigenvalue weighted by atomic mass is 16.6. The molecule has 0 spiro atoms. The molecule has 0 saturated carbocycles. The van der Waals surface area contributed by atoms with Gasteiger partial charge in [-0.1, -0.05) is 17.9 Å². The third-order valence-electron chi connectivity index (χ3n) is 2.60. The monoisotopic (exact) mass is 319 g/mol. The Morgan fingerprint density at radius 3 is 2.57 bits per heavy atom. The molecule has 1 aromatic rings. The molecule has 6 heteroatoms. The Kier molecular flexibility index (Phi) is 6.46. The van der Waals surface area contributed by atoms with Crippen LogP contribution < -0.4 is 10.1 Å². The van der Waals surface area contributed by atoms with Gasteiger partial charge in [-0.3, -0.25) is 0 Å². The van der Waals surface area contributed by atoms with Gasteiger partial charge in [-0.05, 0) is 32.9 Å². The number of alkyl carbamates (subject to hydrolysis) is 1. The standard InChI is InChI=1S/C17H21NO5/c1-17(2,3)23-16(21)18-11-6-5-8-12-9-7-10-13(22-4)14(12)15(19)20/h7,9-10H,6,11H2,1-4H3,(H,18,21)(H,19,20). The maximum atomic E-state index is 11.4. The molecular weight excluding hydrogens is 298 g/mol. The van der Waals surface area contributed by atoms with Gasteiger partial charge in [0.15, 0.2) is 0 Å². The highest BCUT2D eigenvalue weighted by molar-refractivity contribution is 5.94. The smallest absolute Gasteiger partial charge is 0.407 e. The molecule has 0 atom stereocenters. The average molecular weight is 319 g/mol. The zero-order valence-electron chi connectivity index (χ0n) is 13.7. The SMILES string of the molecule is COc1cccc(C#CCCNC(=O)OC(C)(C)C)c1C(=O)O. The van der Waals surface area contributed by atoms with Crippen molar-refractivity contribution in [2.45, 2.75) is 32.8 Å². The van der Waals surface area contributed by atoms with Crippen LogP contribution >= 0.6 is 0 Å². The molecule has 2 N–H and O–H groups in total.